The molecule has 0 fully saturated rings. The fourth-order valence-electron chi connectivity index (χ4n) is 1.89. The Morgan fingerprint density at radius 1 is 0.773 bits per heavy atom. The van der Waals surface area contributed by atoms with Crippen LogP contribution in [0.3, 0.4) is 0 Å². The van der Waals surface area contributed by atoms with E-state index in [9.17, 15) is 15.0 Å². The summed E-state index contributed by atoms with van der Waals surface area (Å²) in [5.74, 6) is -0.567. The van der Waals surface area contributed by atoms with Crippen LogP contribution >= 0.6 is 0 Å². The fourth-order valence-corrected chi connectivity index (χ4v) is 1.89. The van der Waals surface area contributed by atoms with Crippen molar-refractivity contribution in [3.8, 4) is 11.5 Å². The van der Waals surface area contributed by atoms with E-state index in [0.29, 0.717) is 0 Å². The quantitative estimate of drug-likeness (QED) is 0.823. The number of para-hydroxylation sites is 2. The summed E-state index contributed by atoms with van der Waals surface area (Å²) in [6.45, 7) is 3.68. The Hall–Kier alpha value is -3.07. The summed E-state index contributed by atoms with van der Waals surface area (Å²) >= 11 is 0. The second kappa shape index (κ2) is 7.09. The molecule has 1 aliphatic carbocycles. The lowest BCUT2D eigenvalue weighted by molar-refractivity contribution is 0.103. The number of aromatic hydroxyl groups is 2. The predicted molar refractivity (Wildman–Crippen MR) is 87.1 cm³/mol. The first-order valence-electron chi connectivity index (χ1n) is 6.74. The summed E-state index contributed by atoms with van der Waals surface area (Å²) < 4.78 is 0. The van der Waals surface area contributed by atoms with Gasteiger partial charge in [-0.1, -0.05) is 55.1 Å². The number of hydrogen-bond donors (Lipinski definition) is 2. The van der Waals surface area contributed by atoms with Crippen LogP contribution in [-0.4, -0.2) is 16.0 Å². The highest BCUT2D eigenvalue weighted by Crippen LogP contribution is 2.24. The van der Waals surface area contributed by atoms with Gasteiger partial charge >= 0.3 is 0 Å². The minimum absolute atomic E-state index is 0.0873. The van der Waals surface area contributed by atoms with Crippen LogP contribution < -0.4 is 0 Å². The Morgan fingerprint density at radius 3 is 1.50 bits per heavy atom. The molecule has 2 aromatic carbocycles. The molecule has 0 aliphatic heterocycles. The van der Waals surface area contributed by atoms with Crippen LogP contribution in [0.25, 0.3) is 0 Å². The fraction of sp³-hybridized carbons (Fsp3) is 0. The van der Waals surface area contributed by atoms with E-state index in [-0.39, 0.29) is 22.6 Å². The van der Waals surface area contributed by atoms with Gasteiger partial charge < -0.3 is 10.2 Å². The maximum Gasteiger partial charge on any atom is 0.200 e. The number of carbonyl (C=O) groups excluding carboxylic acids is 1. The number of phenols is 2. The van der Waals surface area contributed by atoms with Crippen LogP contribution in [-0.2, 0) is 0 Å². The van der Waals surface area contributed by atoms with Crippen molar-refractivity contribution in [3.05, 3.63) is 96.1 Å². The number of benzene rings is 2. The van der Waals surface area contributed by atoms with Gasteiger partial charge in [0.25, 0.3) is 0 Å². The maximum atomic E-state index is 12.0. The molecular weight excluding hydrogens is 276 g/mol. The summed E-state index contributed by atoms with van der Waals surface area (Å²) in [5.41, 5.74) is 1.46. The third kappa shape index (κ3) is 3.73. The Bertz CT molecular complexity index is 693. The number of phenolic OH excluding ortho intramolecular Hbond substituents is 2. The average molecular weight is 292 g/mol. The molecule has 1 aliphatic rings. The minimum atomic E-state index is -0.392. The van der Waals surface area contributed by atoms with E-state index < -0.39 is 5.78 Å². The molecule has 3 heteroatoms. The molecule has 2 aromatic rings. The standard InChI is InChI=1S/C13H10O3.C6H6/c14-11-7-3-1-5-9(11)13(16)10-6-2-4-8-12(10)15;1-6-4-2-3-5-6/h1-8,14-15H;2-5H,1H2. The molecule has 0 bridgehead atoms. The van der Waals surface area contributed by atoms with Crippen LogP contribution in [0.5, 0.6) is 11.5 Å². The summed E-state index contributed by atoms with van der Waals surface area (Å²) in [4.78, 5) is 12.0. The molecule has 2 N–H and O–H groups in total. The molecule has 0 heterocycles. The zero-order valence-electron chi connectivity index (χ0n) is 11.9. The molecule has 0 amide bonds. The van der Waals surface area contributed by atoms with Gasteiger partial charge in [-0.25, -0.2) is 0 Å². The normalized spacial score (nSPS) is 11.9. The monoisotopic (exact) mass is 292 g/mol. The Labute approximate surface area is 129 Å². The van der Waals surface area contributed by atoms with Gasteiger partial charge in [-0.3, -0.25) is 4.79 Å². The third-order valence-electron chi connectivity index (χ3n) is 3.03. The topological polar surface area (TPSA) is 57.5 Å². The third-order valence-corrected chi connectivity index (χ3v) is 3.03. The summed E-state index contributed by atoms with van der Waals surface area (Å²) in [6, 6.07) is 12.5. The molecule has 110 valence electrons. The number of allylic oxidation sites excluding steroid dienone is 5. The van der Waals surface area contributed by atoms with Gasteiger partial charge in [0.05, 0.1) is 11.1 Å². The molecular formula is C19H16O3. The van der Waals surface area contributed by atoms with E-state index in [0.717, 1.165) is 5.57 Å². The van der Waals surface area contributed by atoms with Gasteiger partial charge in [0, 0.05) is 0 Å². The van der Waals surface area contributed by atoms with E-state index in [1.807, 2.05) is 24.3 Å². The largest absolute Gasteiger partial charge is 0.507 e. The first kappa shape index (κ1) is 15.3. The first-order valence-corrected chi connectivity index (χ1v) is 6.74. The van der Waals surface area contributed by atoms with Crippen molar-refractivity contribution < 1.29 is 15.0 Å². The second-order valence-corrected chi connectivity index (χ2v) is 4.66. The van der Waals surface area contributed by atoms with Gasteiger partial charge in [-0.2, -0.15) is 0 Å². The molecule has 0 unspecified atom stereocenters. The van der Waals surface area contributed by atoms with Crippen molar-refractivity contribution in [2.45, 2.75) is 0 Å². The van der Waals surface area contributed by atoms with E-state index in [4.69, 9.17) is 0 Å². The molecule has 0 saturated heterocycles. The number of carbonyl (C=O) groups is 1. The molecule has 0 aromatic heterocycles. The van der Waals surface area contributed by atoms with Gasteiger partial charge in [0.15, 0.2) is 5.78 Å². The Morgan fingerprint density at radius 2 is 1.18 bits per heavy atom. The minimum Gasteiger partial charge on any atom is -0.507 e. The van der Waals surface area contributed by atoms with E-state index in [2.05, 4.69) is 6.58 Å². The van der Waals surface area contributed by atoms with Gasteiger partial charge in [0.1, 0.15) is 11.5 Å². The zero-order chi connectivity index (χ0) is 15.9. The molecule has 0 atom stereocenters. The summed E-state index contributed by atoms with van der Waals surface area (Å²) in [5, 5.41) is 19.1. The highest BCUT2D eigenvalue weighted by molar-refractivity contribution is 6.12. The molecule has 3 nitrogen and oxygen atoms in total. The molecule has 0 saturated carbocycles. The Kier molecular flexibility index (Phi) is 4.94. The van der Waals surface area contributed by atoms with Crippen LogP contribution in [0, 0.1) is 0 Å². The lowest BCUT2D eigenvalue weighted by atomic mass is 10.0. The lowest BCUT2D eigenvalue weighted by Crippen LogP contribution is -2.01. The van der Waals surface area contributed by atoms with Crippen molar-refractivity contribution in [3.63, 3.8) is 0 Å². The molecule has 0 spiro atoms. The Balaban J connectivity index is 0.000000246. The van der Waals surface area contributed by atoms with Crippen molar-refractivity contribution >= 4 is 5.78 Å². The molecule has 3 rings (SSSR count). The molecule has 0 radical (unpaired) electrons. The van der Waals surface area contributed by atoms with Crippen LogP contribution in [0.2, 0.25) is 0 Å². The van der Waals surface area contributed by atoms with E-state index in [1.54, 1.807) is 24.3 Å². The van der Waals surface area contributed by atoms with Gasteiger partial charge in [-0.05, 0) is 29.8 Å². The first-order chi connectivity index (χ1) is 10.6. The van der Waals surface area contributed by atoms with Crippen molar-refractivity contribution in [2.24, 2.45) is 0 Å². The van der Waals surface area contributed by atoms with Crippen molar-refractivity contribution in [2.75, 3.05) is 0 Å². The second-order valence-electron chi connectivity index (χ2n) is 4.66. The predicted octanol–water partition coefficient (Wildman–Crippen LogP) is 4.00. The highest BCUT2D eigenvalue weighted by Gasteiger charge is 2.15. The van der Waals surface area contributed by atoms with Crippen LogP contribution in [0.1, 0.15) is 15.9 Å². The highest BCUT2D eigenvalue weighted by atomic mass is 16.3. The van der Waals surface area contributed by atoms with Crippen molar-refractivity contribution in [1.29, 1.82) is 0 Å². The van der Waals surface area contributed by atoms with E-state index >= 15 is 0 Å². The zero-order valence-corrected chi connectivity index (χ0v) is 11.9. The SMILES string of the molecule is C=C1C=CC=C1.O=C(c1ccccc1O)c1ccccc1O. The van der Waals surface area contributed by atoms with Crippen molar-refractivity contribution in [1.82, 2.24) is 0 Å². The van der Waals surface area contributed by atoms with Crippen LogP contribution in [0.15, 0.2) is 85.0 Å². The molecule has 22 heavy (non-hydrogen) atoms. The number of rotatable bonds is 2. The number of hydrogen-bond acceptors (Lipinski definition) is 3. The maximum absolute atomic E-state index is 12.0. The number of ketones is 1. The average Bonchev–Trinajstić information content (AvgIpc) is 2.99. The van der Waals surface area contributed by atoms with Gasteiger partial charge in [-0.15, -0.1) is 0 Å². The lowest BCUT2D eigenvalue weighted by Gasteiger charge is -2.04. The summed E-state index contributed by atoms with van der Waals surface area (Å²) in [6.07, 6.45) is 7.89. The summed E-state index contributed by atoms with van der Waals surface area (Å²) in [7, 11) is 0. The van der Waals surface area contributed by atoms with Crippen LogP contribution in [0.4, 0.5) is 0 Å². The van der Waals surface area contributed by atoms with E-state index in [1.165, 1.54) is 24.3 Å². The van der Waals surface area contributed by atoms with Gasteiger partial charge in [0.2, 0.25) is 0 Å². The smallest absolute Gasteiger partial charge is 0.200 e.